The van der Waals surface area contributed by atoms with Gasteiger partial charge in [-0.05, 0) is 51.0 Å². The summed E-state index contributed by atoms with van der Waals surface area (Å²) in [4.78, 5) is 137. The van der Waals surface area contributed by atoms with E-state index in [-0.39, 0.29) is 43.6 Å². The first-order chi connectivity index (χ1) is 33.7. The highest BCUT2D eigenvalue weighted by molar-refractivity contribution is 6.00. The molecule has 9 unspecified atom stereocenters. The van der Waals surface area contributed by atoms with Gasteiger partial charge in [0.05, 0.1) is 18.4 Å². The quantitative estimate of drug-likeness (QED) is 0.0282. The van der Waals surface area contributed by atoms with Crippen LogP contribution in [-0.4, -0.2) is 136 Å². The van der Waals surface area contributed by atoms with Crippen molar-refractivity contribution in [2.45, 2.75) is 136 Å². The lowest BCUT2D eigenvalue weighted by molar-refractivity contribution is -0.148. The van der Waals surface area contributed by atoms with E-state index in [4.69, 9.17) is 16.2 Å². The molecule has 1 fully saturated rings. The number of likely N-dealkylation sites (N-methyl/N-ethyl adjacent to an activating group) is 1. The second kappa shape index (κ2) is 29.6. The van der Waals surface area contributed by atoms with E-state index < -0.39 is 132 Å². The molecule has 0 radical (unpaired) electrons. The average molecular weight is 1010 g/mol. The maximum Gasteiger partial charge on any atom is 0.326 e. The van der Waals surface area contributed by atoms with E-state index in [0.717, 1.165) is 10.5 Å². The number of benzene rings is 1. The van der Waals surface area contributed by atoms with Crippen molar-refractivity contribution in [2.24, 2.45) is 34.2 Å². The number of carbonyl (C=O) groups is 10. The molecule has 1 aliphatic rings. The van der Waals surface area contributed by atoms with Crippen LogP contribution < -0.4 is 43.4 Å². The summed E-state index contributed by atoms with van der Waals surface area (Å²) in [5.41, 5.74) is 12.1. The number of nitrogens with zero attached hydrogens (tertiary/aromatic N) is 2. The van der Waals surface area contributed by atoms with Crippen LogP contribution in [0.4, 0.5) is 0 Å². The number of ether oxygens (including phenoxy) is 1. The first-order valence-corrected chi connectivity index (χ1v) is 23.6. The van der Waals surface area contributed by atoms with Crippen molar-refractivity contribution < 1.29 is 62.9 Å². The third-order valence-corrected chi connectivity index (χ3v) is 11.5. The van der Waals surface area contributed by atoms with Crippen LogP contribution in [0.1, 0.15) is 92.6 Å². The van der Waals surface area contributed by atoms with Crippen molar-refractivity contribution in [3.8, 4) is 0 Å². The van der Waals surface area contributed by atoms with E-state index in [0.29, 0.717) is 12.0 Å². The number of aliphatic carboxylic acids is 2. The summed E-state index contributed by atoms with van der Waals surface area (Å²) < 4.78 is 5.67. The number of hydrogen-bond donors (Lipinski definition) is 10. The third kappa shape index (κ3) is 21.2. The molecule has 1 aromatic rings. The standard InChI is InChI=1S/C49H72N10O13/c1-26(2)22-37-46(67)58-38(48(70)71)25-40(61)54-35(16-13-21-52-49(50)51)45(66)55-34(18-17-27(3)23-28(4)39(72-32(8)60)24-33-14-11-10-12-15-33)29(5)42(63)56-36(47(68)69)19-20-41(62)59(9)31(7)44(65)53-30(6)43(64)57-37/h10-12,14-15,17-18,23,26,28-30,34-39H,7,13,16,19-22,24-25H2,1-6,8-9H3,(H,53,65)(H,54,61)(H,55,66)(H,56,63)(H,57,64)(H,58,67)(H,68,69)(H,70,71)(H4,50,51,52). The van der Waals surface area contributed by atoms with Crippen LogP contribution in [0, 0.1) is 17.8 Å². The summed E-state index contributed by atoms with van der Waals surface area (Å²) in [6, 6.07) is 0.514. The maximum atomic E-state index is 14.3. The fourth-order valence-electron chi connectivity index (χ4n) is 7.32. The number of amides is 7. The summed E-state index contributed by atoms with van der Waals surface area (Å²) in [6.07, 6.45) is 2.83. The fraction of sp³-hybridized carbons (Fsp3) is 0.531. The first-order valence-electron chi connectivity index (χ1n) is 23.6. The number of carboxylic acids is 2. The molecule has 9 atom stereocenters. The molecule has 1 aromatic carbocycles. The molecule has 1 aliphatic heterocycles. The number of carboxylic acid groups (broad SMARTS) is 2. The van der Waals surface area contributed by atoms with E-state index in [1.807, 2.05) is 43.3 Å². The van der Waals surface area contributed by atoms with Crippen LogP contribution >= 0.6 is 0 Å². The molecular formula is C49H72N10O13. The number of nitrogens with two attached hydrogens (primary N) is 2. The van der Waals surface area contributed by atoms with Gasteiger partial charge in [-0.1, -0.05) is 88.4 Å². The Morgan fingerprint density at radius 3 is 2.04 bits per heavy atom. The zero-order chi connectivity index (χ0) is 54.4. The van der Waals surface area contributed by atoms with Crippen LogP contribution in [0.15, 0.2) is 71.4 Å². The molecule has 0 aromatic heterocycles. The van der Waals surface area contributed by atoms with Crippen LogP contribution in [0.25, 0.3) is 0 Å². The fourth-order valence-corrected chi connectivity index (χ4v) is 7.32. The Bertz CT molecular complexity index is 2230. The minimum atomic E-state index is -1.87. The Kier molecular flexibility index (Phi) is 24.9. The zero-order valence-corrected chi connectivity index (χ0v) is 42.2. The summed E-state index contributed by atoms with van der Waals surface area (Å²) in [6.45, 7) is 14.7. The van der Waals surface area contributed by atoms with Gasteiger partial charge in [-0.3, -0.25) is 43.3 Å². The topological polar surface area (TPSA) is 360 Å². The third-order valence-electron chi connectivity index (χ3n) is 11.5. The van der Waals surface area contributed by atoms with Gasteiger partial charge in [-0.25, -0.2) is 9.59 Å². The smallest absolute Gasteiger partial charge is 0.326 e. The van der Waals surface area contributed by atoms with Gasteiger partial charge in [0.15, 0.2) is 5.96 Å². The lowest BCUT2D eigenvalue weighted by Gasteiger charge is -2.27. The first kappa shape index (κ1) is 60.5. The van der Waals surface area contributed by atoms with Gasteiger partial charge in [0.1, 0.15) is 42.0 Å². The van der Waals surface area contributed by atoms with E-state index in [1.54, 1.807) is 26.8 Å². The highest BCUT2D eigenvalue weighted by Gasteiger charge is 2.34. The molecule has 7 amide bonds. The van der Waals surface area contributed by atoms with Crippen LogP contribution in [-0.2, 0) is 59.1 Å². The van der Waals surface area contributed by atoms with Gasteiger partial charge >= 0.3 is 17.9 Å². The van der Waals surface area contributed by atoms with E-state index in [1.165, 1.54) is 33.9 Å². The summed E-state index contributed by atoms with van der Waals surface area (Å²) in [5.74, 6) is -12.0. The second-order valence-corrected chi connectivity index (χ2v) is 18.2. The molecule has 0 saturated carbocycles. The second-order valence-electron chi connectivity index (χ2n) is 18.2. The number of esters is 1. The van der Waals surface area contributed by atoms with Gasteiger partial charge in [0.2, 0.25) is 35.4 Å². The molecule has 1 heterocycles. The minimum Gasteiger partial charge on any atom is -0.480 e. The molecule has 2 rings (SSSR count). The molecule has 23 heteroatoms. The highest BCUT2D eigenvalue weighted by atomic mass is 16.5. The van der Waals surface area contributed by atoms with Gasteiger partial charge in [-0.15, -0.1) is 0 Å². The predicted octanol–water partition coefficient (Wildman–Crippen LogP) is 0.289. The molecular weight excluding hydrogens is 937 g/mol. The predicted molar refractivity (Wildman–Crippen MR) is 265 cm³/mol. The molecule has 396 valence electrons. The van der Waals surface area contributed by atoms with Crippen LogP contribution in [0.3, 0.4) is 0 Å². The average Bonchev–Trinajstić information content (AvgIpc) is 3.30. The SMILES string of the molecule is C=C1C(=O)NC(C)C(=O)NC(CC(C)C)C(=O)NC(C(=O)O)CC(=O)NC(CCCN=C(N)N)C(=O)NC(C=CC(C)=CC(C)C(Cc2ccccc2)OC(C)=O)C(C)C(=O)NC(C(=O)O)CCC(=O)N1C. The van der Waals surface area contributed by atoms with Gasteiger partial charge < -0.3 is 63.2 Å². The largest absolute Gasteiger partial charge is 0.480 e. The number of carbonyl (C=O) groups excluding carboxylic acids is 8. The van der Waals surface area contributed by atoms with Crippen molar-refractivity contribution in [3.05, 3.63) is 72.0 Å². The summed E-state index contributed by atoms with van der Waals surface area (Å²) >= 11 is 0. The van der Waals surface area contributed by atoms with Gasteiger partial charge in [0.25, 0.3) is 5.91 Å². The number of rotatable bonds is 15. The zero-order valence-electron chi connectivity index (χ0n) is 42.2. The van der Waals surface area contributed by atoms with Crippen molar-refractivity contribution in [2.75, 3.05) is 13.6 Å². The van der Waals surface area contributed by atoms with Crippen LogP contribution in [0.5, 0.6) is 0 Å². The minimum absolute atomic E-state index is 0.00109. The highest BCUT2D eigenvalue weighted by Crippen LogP contribution is 2.19. The molecule has 0 bridgehead atoms. The Morgan fingerprint density at radius 1 is 0.847 bits per heavy atom. The number of allylic oxidation sites excluding steroid dienone is 2. The Hall–Kier alpha value is -7.59. The lowest BCUT2D eigenvalue weighted by Crippen LogP contribution is -2.57. The maximum absolute atomic E-state index is 14.3. The molecule has 23 nitrogen and oxygen atoms in total. The lowest BCUT2D eigenvalue weighted by atomic mass is 9.94. The number of nitrogens with one attached hydrogen (secondary N) is 6. The van der Waals surface area contributed by atoms with E-state index >= 15 is 0 Å². The monoisotopic (exact) mass is 1010 g/mol. The van der Waals surface area contributed by atoms with E-state index in [2.05, 4.69) is 43.5 Å². The Labute approximate surface area is 419 Å². The molecule has 72 heavy (non-hydrogen) atoms. The van der Waals surface area contributed by atoms with Gasteiger partial charge in [0, 0.05) is 39.3 Å². The molecule has 0 spiro atoms. The van der Waals surface area contributed by atoms with E-state index in [9.17, 15) is 58.2 Å². The van der Waals surface area contributed by atoms with Crippen molar-refractivity contribution in [1.29, 1.82) is 0 Å². The van der Waals surface area contributed by atoms with Crippen molar-refractivity contribution >= 4 is 65.2 Å². The van der Waals surface area contributed by atoms with Crippen LogP contribution in [0.2, 0.25) is 0 Å². The number of aliphatic imine (C=N–C) groups is 1. The number of hydrogen-bond acceptors (Lipinski definition) is 12. The van der Waals surface area contributed by atoms with Crippen molar-refractivity contribution in [3.63, 3.8) is 0 Å². The van der Waals surface area contributed by atoms with Gasteiger partial charge in [-0.2, -0.15) is 0 Å². The summed E-state index contributed by atoms with van der Waals surface area (Å²) in [5, 5.41) is 35.1. The molecule has 1 saturated heterocycles. The normalized spacial score (nSPS) is 24.0. The molecule has 0 aliphatic carbocycles. The Morgan fingerprint density at radius 2 is 1.46 bits per heavy atom. The Balaban J connectivity index is 2.72. The summed E-state index contributed by atoms with van der Waals surface area (Å²) in [7, 11) is 1.20. The van der Waals surface area contributed by atoms with Crippen molar-refractivity contribution in [1.82, 2.24) is 36.8 Å². The molecule has 12 N–H and O–H groups in total. The number of guanidine groups is 1.